The molecule has 0 fully saturated rings. The van der Waals surface area contributed by atoms with E-state index in [-0.39, 0.29) is 5.91 Å². The van der Waals surface area contributed by atoms with E-state index in [4.69, 9.17) is 0 Å². The maximum atomic E-state index is 12.3. The van der Waals surface area contributed by atoms with Crippen LogP contribution in [0.2, 0.25) is 0 Å². The van der Waals surface area contributed by atoms with Crippen LogP contribution in [-0.2, 0) is 11.3 Å². The molecule has 0 spiro atoms. The van der Waals surface area contributed by atoms with Gasteiger partial charge in [-0.1, -0.05) is 30.3 Å². The molecule has 0 atom stereocenters. The smallest absolute Gasteiger partial charge is 0.243 e. The number of imidazole rings is 1. The SMILES string of the molecule is Cc1ccsc1-c1nccn1CCN1N=C(c2ccccc2)CCC1=O. The number of benzene rings is 1. The van der Waals surface area contributed by atoms with Crippen LogP contribution in [0, 0.1) is 6.92 Å². The molecule has 1 aromatic carbocycles. The highest BCUT2D eigenvalue weighted by Gasteiger charge is 2.21. The van der Waals surface area contributed by atoms with Crippen molar-refractivity contribution in [2.45, 2.75) is 26.3 Å². The normalized spacial score (nSPS) is 14.6. The predicted octanol–water partition coefficient (Wildman–Crippen LogP) is 3.95. The molecule has 1 aliphatic rings. The average Bonchev–Trinajstić information content (AvgIpc) is 3.30. The zero-order valence-corrected chi connectivity index (χ0v) is 15.4. The number of rotatable bonds is 5. The monoisotopic (exact) mass is 364 g/mol. The molecule has 26 heavy (non-hydrogen) atoms. The van der Waals surface area contributed by atoms with Crippen LogP contribution in [0.3, 0.4) is 0 Å². The fourth-order valence-corrected chi connectivity index (χ4v) is 4.05. The van der Waals surface area contributed by atoms with Gasteiger partial charge in [0.1, 0.15) is 5.82 Å². The summed E-state index contributed by atoms with van der Waals surface area (Å²) in [4.78, 5) is 18.0. The lowest BCUT2D eigenvalue weighted by Crippen LogP contribution is -2.34. The Bertz CT molecular complexity index is 942. The van der Waals surface area contributed by atoms with E-state index in [0.717, 1.165) is 17.1 Å². The topological polar surface area (TPSA) is 50.5 Å². The number of hydrogen-bond acceptors (Lipinski definition) is 4. The molecule has 5 nitrogen and oxygen atoms in total. The third kappa shape index (κ3) is 3.32. The predicted molar refractivity (Wildman–Crippen MR) is 104 cm³/mol. The van der Waals surface area contributed by atoms with Crippen molar-refractivity contribution in [3.8, 4) is 10.7 Å². The zero-order valence-electron chi connectivity index (χ0n) is 14.6. The first-order valence-electron chi connectivity index (χ1n) is 8.71. The highest BCUT2D eigenvalue weighted by atomic mass is 32.1. The molecular formula is C20H20N4OS. The molecule has 1 amide bonds. The van der Waals surface area contributed by atoms with Crippen molar-refractivity contribution < 1.29 is 4.79 Å². The summed E-state index contributed by atoms with van der Waals surface area (Å²) in [6.07, 6.45) is 4.98. The Morgan fingerprint density at radius 3 is 2.73 bits per heavy atom. The van der Waals surface area contributed by atoms with Crippen molar-refractivity contribution in [1.82, 2.24) is 14.6 Å². The Kier molecular flexibility index (Phi) is 4.67. The van der Waals surface area contributed by atoms with E-state index < -0.39 is 0 Å². The van der Waals surface area contributed by atoms with Crippen LogP contribution in [0.4, 0.5) is 0 Å². The quantitative estimate of drug-likeness (QED) is 0.688. The first-order chi connectivity index (χ1) is 12.7. The van der Waals surface area contributed by atoms with Gasteiger partial charge >= 0.3 is 0 Å². The van der Waals surface area contributed by atoms with Gasteiger partial charge in [0.2, 0.25) is 5.91 Å². The molecule has 1 aliphatic heterocycles. The summed E-state index contributed by atoms with van der Waals surface area (Å²) in [5.41, 5.74) is 3.29. The third-order valence-electron chi connectivity index (χ3n) is 4.55. The van der Waals surface area contributed by atoms with Crippen LogP contribution in [0.15, 0.2) is 59.3 Å². The van der Waals surface area contributed by atoms with Gasteiger partial charge in [0.25, 0.3) is 0 Å². The van der Waals surface area contributed by atoms with Crippen molar-refractivity contribution in [1.29, 1.82) is 0 Å². The highest BCUT2D eigenvalue weighted by molar-refractivity contribution is 7.13. The molecule has 3 aromatic rings. The number of hydrogen-bond donors (Lipinski definition) is 0. The number of nitrogens with zero attached hydrogens (tertiary/aromatic N) is 4. The van der Waals surface area contributed by atoms with Crippen molar-refractivity contribution in [2.24, 2.45) is 5.10 Å². The van der Waals surface area contributed by atoms with E-state index in [0.29, 0.717) is 25.9 Å². The number of hydrazone groups is 1. The molecule has 0 unspecified atom stereocenters. The van der Waals surface area contributed by atoms with Crippen LogP contribution in [0.25, 0.3) is 10.7 Å². The molecule has 0 bridgehead atoms. The zero-order chi connectivity index (χ0) is 17.9. The molecule has 0 saturated carbocycles. The van der Waals surface area contributed by atoms with Gasteiger partial charge in [-0.05, 0) is 29.5 Å². The molecule has 0 saturated heterocycles. The Morgan fingerprint density at radius 2 is 1.96 bits per heavy atom. The number of carbonyl (C=O) groups is 1. The van der Waals surface area contributed by atoms with E-state index >= 15 is 0 Å². The summed E-state index contributed by atoms with van der Waals surface area (Å²) in [6.45, 7) is 3.31. The lowest BCUT2D eigenvalue weighted by atomic mass is 10.0. The van der Waals surface area contributed by atoms with E-state index in [9.17, 15) is 4.79 Å². The summed E-state index contributed by atoms with van der Waals surface area (Å²) in [6, 6.07) is 12.2. The maximum Gasteiger partial charge on any atom is 0.243 e. The number of carbonyl (C=O) groups excluding carboxylic acids is 1. The Labute approximate surface area is 156 Å². The fraction of sp³-hybridized carbons (Fsp3) is 0.250. The largest absolute Gasteiger partial charge is 0.328 e. The number of aromatic nitrogens is 2. The van der Waals surface area contributed by atoms with Gasteiger partial charge in [-0.25, -0.2) is 9.99 Å². The Balaban J connectivity index is 1.52. The molecule has 0 aliphatic carbocycles. The summed E-state index contributed by atoms with van der Waals surface area (Å²) in [5.74, 6) is 1.04. The molecular weight excluding hydrogens is 344 g/mol. The molecule has 6 heteroatoms. The lowest BCUT2D eigenvalue weighted by Gasteiger charge is -2.24. The van der Waals surface area contributed by atoms with Crippen molar-refractivity contribution in [2.75, 3.05) is 6.54 Å². The molecule has 0 N–H and O–H groups in total. The van der Waals surface area contributed by atoms with Crippen LogP contribution >= 0.6 is 11.3 Å². The van der Waals surface area contributed by atoms with Crippen molar-refractivity contribution in [3.63, 3.8) is 0 Å². The van der Waals surface area contributed by atoms with Crippen LogP contribution in [0.5, 0.6) is 0 Å². The van der Waals surface area contributed by atoms with Gasteiger partial charge in [-0.15, -0.1) is 11.3 Å². The molecule has 2 aromatic heterocycles. The average molecular weight is 364 g/mol. The van der Waals surface area contributed by atoms with Gasteiger partial charge in [-0.3, -0.25) is 4.79 Å². The minimum atomic E-state index is 0.0821. The van der Waals surface area contributed by atoms with Gasteiger partial charge in [-0.2, -0.15) is 5.10 Å². The highest BCUT2D eigenvalue weighted by Crippen LogP contribution is 2.27. The summed E-state index contributed by atoms with van der Waals surface area (Å²) in [7, 11) is 0. The van der Waals surface area contributed by atoms with Crippen LogP contribution < -0.4 is 0 Å². The van der Waals surface area contributed by atoms with Gasteiger partial charge in [0, 0.05) is 31.8 Å². The van der Waals surface area contributed by atoms with Crippen molar-refractivity contribution >= 4 is 23.0 Å². The second-order valence-corrected chi connectivity index (χ2v) is 7.22. The molecule has 3 heterocycles. The second kappa shape index (κ2) is 7.25. The van der Waals surface area contributed by atoms with Crippen LogP contribution in [-0.4, -0.2) is 32.7 Å². The first kappa shape index (κ1) is 16.7. The Morgan fingerprint density at radius 1 is 1.12 bits per heavy atom. The Hall–Kier alpha value is -2.73. The minimum Gasteiger partial charge on any atom is -0.328 e. The first-order valence-corrected chi connectivity index (χ1v) is 9.59. The summed E-state index contributed by atoms with van der Waals surface area (Å²) in [5, 5.41) is 8.30. The van der Waals surface area contributed by atoms with Gasteiger partial charge in [0.15, 0.2) is 0 Å². The minimum absolute atomic E-state index is 0.0821. The fourth-order valence-electron chi connectivity index (χ4n) is 3.12. The molecule has 0 radical (unpaired) electrons. The molecule has 132 valence electrons. The second-order valence-electron chi connectivity index (χ2n) is 6.31. The number of thiophene rings is 1. The summed E-state index contributed by atoms with van der Waals surface area (Å²) >= 11 is 1.69. The van der Waals surface area contributed by atoms with Gasteiger partial charge in [0.05, 0.1) is 17.1 Å². The third-order valence-corrected chi connectivity index (χ3v) is 5.56. The number of aryl methyl sites for hydroxylation is 1. The van der Waals surface area contributed by atoms with E-state index in [1.54, 1.807) is 16.3 Å². The number of amides is 1. The molecule has 4 rings (SSSR count). The van der Waals surface area contributed by atoms with E-state index in [1.807, 2.05) is 42.7 Å². The van der Waals surface area contributed by atoms with Crippen LogP contribution in [0.1, 0.15) is 24.0 Å². The maximum absolute atomic E-state index is 12.3. The van der Waals surface area contributed by atoms with E-state index in [1.165, 1.54) is 10.4 Å². The lowest BCUT2D eigenvalue weighted by molar-refractivity contribution is -0.131. The van der Waals surface area contributed by atoms with Gasteiger partial charge < -0.3 is 4.57 Å². The standard InChI is InChI=1S/C20H20N4OS/c1-15-9-14-26-19(15)20-21-10-11-23(20)12-13-24-18(25)8-7-17(22-24)16-5-3-2-4-6-16/h2-6,9-11,14H,7-8,12-13H2,1H3. The van der Waals surface area contributed by atoms with E-state index in [2.05, 4.69) is 33.0 Å². The summed E-state index contributed by atoms with van der Waals surface area (Å²) < 4.78 is 2.10. The van der Waals surface area contributed by atoms with Crippen molar-refractivity contribution in [3.05, 3.63) is 65.3 Å².